The Morgan fingerprint density at radius 3 is 2.60 bits per heavy atom. The van der Waals surface area contributed by atoms with Gasteiger partial charge in [-0.05, 0) is 56.6 Å². The molecule has 0 fully saturated rings. The lowest BCUT2D eigenvalue weighted by Crippen LogP contribution is -2.35. The predicted molar refractivity (Wildman–Crippen MR) is 142 cm³/mol. The van der Waals surface area contributed by atoms with E-state index in [0.29, 0.717) is 29.2 Å². The van der Waals surface area contributed by atoms with Gasteiger partial charge in [-0.15, -0.1) is 11.3 Å². The summed E-state index contributed by atoms with van der Waals surface area (Å²) in [4.78, 5) is 31.6. The molecule has 3 aromatic rings. The first-order valence-electron chi connectivity index (χ1n) is 11.6. The van der Waals surface area contributed by atoms with E-state index in [-0.39, 0.29) is 29.1 Å². The monoisotopic (exact) mass is 511 g/mol. The highest BCUT2D eigenvalue weighted by Crippen LogP contribution is 2.44. The number of nitrogens with one attached hydrogen (secondary N) is 2. The van der Waals surface area contributed by atoms with E-state index >= 15 is 0 Å². The molecule has 9 heteroatoms. The van der Waals surface area contributed by atoms with Crippen molar-refractivity contribution in [1.29, 1.82) is 0 Å². The van der Waals surface area contributed by atoms with Crippen LogP contribution in [0.4, 0.5) is 5.69 Å². The van der Waals surface area contributed by atoms with Crippen LogP contribution >= 0.6 is 23.6 Å². The quantitative estimate of drug-likeness (QED) is 0.342. The van der Waals surface area contributed by atoms with E-state index in [1.807, 2.05) is 19.9 Å². The second kappa shape index (κ2) is 10.0. The molecule has 0 radical (unpaired) electrons. The standard InChI is InChI=1S/C26H29N3O4S2/c1-6-32-24(31)21-20(28-25(34)29-22(30)15-10-8-7-9-11-15)18-16-12-26(4,5)33-13-17(16)19(14(2)3)27-23(18)35-21/h7-11,14H,6,12-13H2,1-5H3,(H2,28,29,30,34). The molecule has 0 saturated carbocycles. The Hall–Kier alpha value is -2.88. The fourth-order valence-corrected chi connectivity index (χ4v) is 5.46. The molecular formula is C26H29N3O4S2. The highest BCUT2D eigenvalue weighted by atomic mass is 32.1. The number of pyridine rings is 1. The minimum absolute atomic E-state index is 0.0945. The number of carbonyl (C=O) groups excluding carboxylic acids is 2. The van der Waals surface area contributed by atoms with Crippen molar-refractivity contribution in [3.8, 4) is 0 Å². The van der Waals surface area contributed by atoms with Gasteiger partial charge in [0.15, 0.2) is 5.11 Å². The molecule has 184 valence electrons. The molecular weight excluding hydrogens is 482 g/mol. The Morgan fingerprint density at radius 1 is 1.23 bits per heavy atom. The summed E-state index contributed by atoms with van der Waals surface area (Å²) >= 11 is 6.76. The van der Waals surface area contributed by atoms with Gasteiger partial charge in [0.2, 0.25) is 0 Å². The van der Waals surface area contributed by atoms with Crippen molar-refractivity contribution in [2.24, 2.45) is 0 Å². The maximum absolute atomic E-state index is 12.9. The van der Waals surface area contributed by atoms with Gasteiger partial charge in [-0.25, -0.2) is 9.78 Å². The number of thiophene rings is 1. The lowest BCUT2D eigenvalue weighted by atomic mass is 9.87. The first-order valence-corrected chi connectivity index (χ1v) is 12.8. The zero-order chi connectivity index (χ0) is 25.3. The predicted octanol–water partition coefficient (Wildman–Crippen LogP) is 5.57. The summed E-state index contributed by atoms with van der Waals surface area (Å²) in [6.45, 7) is 10.7. The number of hydrogen-bond acceptors (Lipinski definition) is 7. The number of nitrogens with zero attached hydrogens (tertiary/aromatic N) is 1. The van der Waals surface area contributed by atoms with Crippen LogP contribution in [0.1, 0.15) is 77.4 Å². The van der Waals surface area contributed by atoms with E-state index in [1.165, 1.54) is 11.3 Å². The van der Waals surface area contributed by atoms with Gasteiger partial charge in [-0.2, -0.15) is 0 Å². The Morgan fingerprint density at radius 2 is 1.94 bits per heavy atom. The van der Waals surface area contributed by atoms with Gasteiger partial charge < -0.3 is 14.8 Å². The molecule has 1 aliphatic heterocycles. The molecule has 0 atom stereocenters. The molecule has 0 unspecified atom stereocenters. The fraction of sp³-hybridized carbons (Fsp3) is 0.385. The smallest absolute Gasteiger partial charge is 0.350 e. The molecule has 0 bridgehead atoms. The molecule has 1 aliphatic rings. The van der Waals surface area contributed by atoms with E-state index < -0.39 is 5.97 Å². The van der Waals surface area contributed by atoms with Crippen LogP contribution in [-0.4, -0.2) is 34.2 Å². The summed E-state index contributed by atoms with van der Waals surface area (Å²) < 4.78 is 11.5. The second-order valence-electron chi connectivity index (χ2n) is 9.32. The van der Waals surface area contributed by atoms with Gasteiger partial charge in [0.1, 0.15) is 9.71 Å². The maximum atomic E-state index is 12.9. The number of esters is 1. The summed E-state index contributed by atoms with van der Waals surface area (Å²) in [5, 5.41) is 6.76. The van der Waals surface area contributed by atoms with E-state index in [9.17, 15) is 9.59 Å². The third-order valence-corrected chi connectivity index (χ3v) is 7.07. The lowest BCUT2D eigenvalue weighted by Gasteiger charge is -2.34. The van der Waals surface area contributed by atoms with Gasteiger partial charge in [-0.1, -0.05) is 32.0 Å². The minimum atomic E-state index is -0.457. The number of anilines is 1. The third kappa shape index (κ3) is 5.22. The number of carbonyl (C=O) groups is 2. The third-order valence-electron chi connectivity index (χ3n) is 5.81. The number of thiocarbonyl (C=S) groups is 1. The van der Waals surface area contributed by atoms with E-state index in [4.69, 9.17) is 26.7 Å². The summed E-state index contributed by atoms with van der Waals surface area (Å²) in [7, 11) is 0. The number of hydrogen-bond donors (Lipinski definition) is 2. The van der Waals surface area contributed by atoms with Gasteiger partial charge in [0.25, 0.3) is 5.91 Å². The lowest BCUT2D eigenvalue weighted by molar-refractivity contribution is -0.0402. The molecule has 0 aliphatic carbocycles. The SMILES string of the molecule is CCOC(=O)c1sc2nc(C(C)C)c3c(c2c1NC(=S)NC(=O)c1ccccc1)CC(C)(C)OC3. The Labute approximate surface area is 214 Å². The highest BCUT2D eigenvalue weighted by Gasteiger charge is 2.34. The van der Waals surface area contributed by atoms with Crippen LogP contribution in [0.5, 0.6) is 0 Å². The fourth-order valence-electron chi connectivity index (χ4n) is 4.21. The van der Waals surface area contributed by atoms with Gasteiger partial charge in [0.05, 0.1) is 30.2 Å². The zero-order valence-corrected chi connectivity index (χ0v) is 22.1. The molecule has 1 amide bonds. The van der Waals surface area contributed by atoms with E-state index in [0.717, 1.165) is 27.0 Å². The van der Waals surface area contributed by atoms with Gasteiger partial charge >= 0.3 is 5.97 Å². The van der Waals surface area contributed by atoms with Gasteiger partial charge in [0, 0.05) is 22.9 Å². The van der Waals surface area contributed by atoms with Crippen molar-refractivity contribution in [1.82, 2.24) is 10.3 Å². The Kier molecular flexibility index (Phi) is 7.21. The van der Waals surface area contributed by atoms with Crippen LogP contribution in [0, 0.1) is 0 Å². The molecule has 2 aromatic heterocycles. The number of rotatable bonds is 5. The van der Waals surface area contributed by atoms with Crippen molar-refractivity contribution >= 4 is 56.4 Å². The molecule has 0 saturated heterocycles. The number of ether oxygens (including phenoxy) is 2. The van der Waals surface area contributed by atoms with Crippen LogP contribution in [0.2, 0.25) is 0 Å². The van der Waals surface area contributed by atoms with Crippen molar-refractivity contribution in [3.05, 3.63) is 57.6 Å². The van der Waals surface area contributed by atoms with Crippen LogP contribution in [0.15, 0.2) is 30.3 Å². The largest absolute Gasteiger partial charge is 0.462 e. The number of aromatic nitrogens is 1. The maximum Gasteiger partial charge on any atom is 0.350 e. The molecule has 1 aromatic carbocycles. The molecule has 3 heterocycles. The average molecular weight is 512 g/mol. The molecule has 2 N–H and O–H groups in total. The van der Waals surface area contributed by atoms with E-state index in [2.05, 4.69) is 24.5 Å². The summed E-state index contributed by atoms with van der Waals surface area (Å²) in [6.07, 6.45) is 0.651. The Bertz CT molecular complexity index is 1300. The van der Waals surface area contributed by atoms with Crippen LogP contribution < -0.4 is 10.6 Å². The Balaban J connectivity index is 1.82. The first kappa shape index (κ1) is 25.2. The normalized spacial score (nSPS) is 14.5. The van der Waals surface area contributed by atoms with E-state index in [1.54, 1.807) is 31.2 Å². The molecule has 35 heavy (non-hydrogen) atoms. The van der Waals surface area contributed by atoms with Crippen LogP contribution in [-0.2, 0) is 22.5 Å². The first-order chi connectivity index (χ1) is 16.6. The summed E-state index contributed by atoms with van der Waals surface area (Å²) in [5.41, 5.74) is 3.71. The highest BCUT2D eigenvalue weighted by molar-refractivity contribution is 7.80. The summed E-state index contributed by atoms with van der Waals surface area (Å²) in [5.74, 6) is -0.604. The minimum Gasteiger partial charge on any atom is -0.462 e. The van der Waals surface area contributed by atoms with Crippen molar-refractivity contribution < 1.29 is 19.1 Å². The van der Waals surface area contributed by atoms with Crippen molar-refractivity contribution in [2.45, 2.75) is 59.2 Å². The number of amides is 1. The second-order valence-corrected chi connectivity index (χ2v) is 10.7. The number of fused-ring (bicyclic) bond motifs is 3. The van der Waals surface area contributed by atoms with Crippen LogP contribution in [0.25, 0.3) is 10.2 Å². The van der Waals surface area contributed by atoms with Gasteiger partial charge in [-0.3, -0.25) is 10.1 Å². The molecule has 4 rings (SSSR count). The molecule has 0 spiro atoms. The summed E-state index contributed by atoms with van der Waals surface area (Å²) in [6, 6.07) is 8.81. The average Bonchev–Trinajstić information content (AvgIpc) is 3.17. The van der Waals surface area contributed by atoms with Crippen molar-refractivity contribution in [2.75, 3.05) is 11.9 Å². The molecule has 7 nitrogen and oxygen atoms in total. The van der Waals surface area contributed by atoms with Crippen molar-refractivity contribution in [3.63, 3.8) is 0 Å². The number of benzene rings is 1. The zero-order valence-electron chi connectivity index (χ0n) is 20.5. The van der Waals surface area contributed by atoms with Crippen LogP contribution in [0.3, 0.4) is 0 Å². The topological polar surface area (TPSA) is 89.5 Å².